The number of aromatic nitrogens is 3. The summed E-state index contributed by atoms with van der Waals surface area (Å²) in [6.45, 7) is 6.34. The first-order valence-corrected chi connectivity index (χ1v) is 12.1. The Labute approximate surface area is 199 Å². The smallest absolute Gasteiger partial charge is 0.340 e. The SMILES string of the molecule is CCc1cc(C(=O)OC)c(NC(=O)CSc2nnc(C(C)Oc3ccc(F)cc3)n2CC)s1. The minimum absolute atomic E-state index is 0.0886. The van der Waals surface area contributed by atoms with E-state index in [-0.39, 0.29) is 17.5 Å². The topological polar surface area (TPSA) is 95.3 Å². The lowest BCUT2D eigenvalue weighted by Gasteiger charge is -2.15. The van der Waals surface area contributed by atoms with Crippen molar-refractivity contribution >= 4 is 40.0 Å². The molecule has 1 N–H and O–H groups in total. The van der Waals surface area contributed by atoms with E-state index in [1.54, 1.807) is 18.2 Å². The zero-order valence-electron chi connectivity index (χ0n) is 18.8. The van der Waals surface area contributed by atoms with E-state index >= 15 is 0 Å². The molecule has 8 nitrogen and oxygen atoms in total. The van der Waals surface area contributed by atoms with Gasteiger partial charge < -0.3 is 19.4 Å². The average Bonchev–Trinajstić information content (AvgIpc) is 3.42. The maximum atomic E-state index is 13.1. The highest BCUT2D eigenvalue weighted by molar-refractivity contribution is 7.99. The molecule has 0 saturated carbocycles. The molecule has 11 heteroatoms. The molecular formula is C22H25FN4O4S2. The Morgan fingerprint density at radius 2 is 1.97 bits per heavy atom. The van der Waals surface area contributed by atoms with E-state index in [1.807, 2.05) is 25.3 Å². The van der Waals surface area contributed by atoms with Crippen molar-refractivity contribution in [1.82, 2.24) is 14.8 Å². The maximum absolute atomic E-state index is 13.1. The second kappa shape index (κ2) is 11.3. The number of nitrogens with one attached hydrogen (secondary N) is 1. The van der Waals surface area contributed by atoms with Crippen LogP contribution in [0.4, 0.5) is 9.39 Å². The number of esters is 1. The van der Waals surface area contributed by atoms with E-state index in [2.05, 4.69) is 15.5 Å². The highest BCUT2D eigenvalue weighted by Gasteiger charge is 2.21. The molecule has 1 unspecified atom stereocenters. The van der Waals surface area contributed by atoms with E-state index in [9.17, 15) is 14.0 Å². The first-order valence-electron chi connectivity index (χ1n) is 10.3. The van der Waals surface area contributed by atoms with Crippen LogP contribution in [0.5, 0.6) is 5.75 Å². The van der Waals surface area contributed by atoms with Crippen molar-refractivity contribution in [3.05, 3.63) is 52.4 Å². The lowest BCUT2D eigenvalue weighted by Crippen LogP contribution is -2.16. The number of nitrogens with zero attached hydrogens (tertiary/aromatic N) is 3. The number of carbonyl (C=O) groups excluding carboxylic acids is 2. The van der Waals surface area contributed by atoms with Crippen LogP contribution in [-0.4, -0.2) is 39.5 Å². The van der Waals surface area contributed by atoms with Gasteiger partial charge in [-0.05, 0) is 50.6 Å². The highest BCUT2D eigenvalue weighted by Crippen LogP contribution is 2.30. The fourth-order valence-corrected chi connectivity index (χ4v) is 4.85. The Hall–Kier alpha value is -2.92. The molecule has 0 aliphatic carbocycles. The van der Waals surface area contributed by atoms with Crippen LogP contribution in [0.15, 0.2) is 35.5 Å². The Morgan fingerprint density at radius 3 is 2.61 bits per heavy atom. The lowest BCUT2D eigenvalue weighted by molar-refractivity contribution is -0.113. The van der Waals surface area contributed by atoms with Crippen molar-refractivity contribution in [2.24, 2.45) is 0 Å². The molecule has 0 bridgehead atoms. The number of aryl methyl sites for hydroxylation is 1. The van der Waals surface area contributed by atoms with Gasteiger partial charge >= 0.3 is 5.97 Å². The molecule has 0 aliphatic rings. The largest absolute Gasteiger partial charge is 0.483 e. The Bertz CT molecular complexity index is 1110. The van der Waals surface area contributed by atoms with Gasteiger partial charge in [0.2, 0.25) is 5.91 Å². The zero-order valence-corrected chi connectivity index (χ0v) is 20.4. The number of thioether (sulfide) groups is 1. The van der Waals surface area contributed by atoms with Gasteiger partial charge in [-0.15, -0.1) is 21.5 Å². The summed E-state index contributed by atoms with van der Waals surface area (Å²) in [6.07, 6.45) is 0.326. The lowest BCUT2D eigenvalue weighted by atomic mass is 10.2. The van der Waals surface area contributed by atoms with Crippen LogP contribution in [0.2, 0.25) is 0 Å². The molecule has 3 rings (SSSR count). The number of anilines is 1. The third-order valence-electron chi connectivity index (χ3n) is 4.67. The quantitative estimate of drug-likeness (QED) is 0.323. The molecule has 33 heavy (non-hydrogen) atoms. The Balaban J connectivity index is 1.65. The van der Waals surface area contributed by atoms with Crippen molar-refractivity contribution in [2.45, 2.75) is 45.0 Å². The maximum Gasteiger partial charge on any atom is 0.340 e. The molecule has 0 spiro atoms. The predicted molar refractivity (Wildman–Crippen MR) is 126 cm³/mol. The van der Waals surface area contributed by atoms with Crippen molar-refractivity contribution in [3.8, 4) is 5.75 Å². The summed E-state index contributed by atoms with van der Waals surface area (Å²) in [4.78, 5) is 25.5. The van der Waals surface area contributed by atoms with Crippen LogP contribution in [0.1, 0.15) is 47.9 Å². The fourth-order valence-electron chi connectivity index (χ4n) is 3.04. The second-order valence-electron chi connectivity index (χ2n) is 6.94. The monoisotopic (exact) mass is 492 g/mol. The molecule has 0 radical (unpaired) electrons. The van der Waals surface area contributed by atoms with Crippen molar-refractivity contribution in [1.29, 1.82) is 0 Å². The summed E-state index contributed by atoms with van der Waals surface area (Å²) in [5, 5.41) is 12.3. The summed E-state index contributed by atoms with van der Waals surface area (Å²) in [7, 11) is 1.31. The van der Waals surface area contributed by atoms with Gasteiger partial charge in [-0.1, -0.05) is 18.7 Å². The summed E-state index contributed by atoms with van der Waals surface area (Å²) in [5.41, 5.74) is 0.350. The number of ether oxygens (including phenoxy) is 2. The summed E-state index contributed by atoms with van der Waals surface area (Å²) in [6, 6.07) is 7.50. The number of hydrogen-bond donors (Lipinski definition) is 1. The van der Waals surface area contributed by atoms with Crippen LogP contribution >= 0.6 is 23.1 Å². The number of methoxy groups -OCH3 is 1. The predicted octanol–water partition coefficient (Wildman–Crippen LogP) is 4.72. The third-order valence-corrected chi connectivity index (χ3v) is 6.84. The number of thiophene rings is 1. The molecule has 176 valence electrons. The van der Waals surface area contributed by atoms with Crippen molar-refractivity contribution < 1.29 is 23.5 Å². The van der Waals surface area contributed by atoms with Crippen LogP contribution in [-0.2, 0) is 22.5 Å². The molecule has 2 aromatic heterocycles. The third kappa shape index (κ3) is 6.11. The number of halogens is 1. The van der Waals surface area contributed by atoms with Gasteiger partial charge in [0.15, 0.2) is 17.1 Å². The van der Waals surface area contributed by atoms with Gasteiger partial charge in [-0.25, -0.2) is 9.18 Å². The van der Waals surface area contributed by atoms with E-state index in [4.69, 9.17) is 9.47 Å². The number of amides is 1. The van der Waals surface area contributed by atoms with Crippen LogP contribution in [0.25, 0.3) is 0 Å². The normalized spacial score (nSPS) is 11.8. The van der Waals surface area contributed by atoms with E-state index in [0.717, 1.165) is 11.3 Å². The zero-order chi connectivity index (χ0) is 24.0. The molecular weight excluding hydrogens is 467 g/mol. The van der Waals surface area contributed by atoms with Gasteiger partial charge in [-0.2, -0.15) is 0 Å². The van der Waals surface area contributed by atoms with E-state index in [0.29, 0.717) is 33.8 Å². The van der Waals surface area contributed by atoms with Crippen molar-refractivity contribution in [3.63, 3.8) is 0 Å². The van der Waals surface area contributed by atoms with E-state index < -0.39 is 12.1 Å². The highest BCUT2D eigenvalue weighted by atomic mass is 32.2. The second-order valence-corrected chi connectivity index (χ2v) is 9.02. The first kappa shape index (κ1) is 24.7. The summed E-state index contributed by atoms with van der Waals surface area (Å²) < 4.78 is 25.6. The molecule has 1 amide bonds. The van der Waals surface area contributed by atoms with E-state index in [1.165, 1.54) is 42.3 Å². The minimum atomic E-state index is -0.487. The van der Waals surface area contributed by atoms with Crippen LogP contribution < -0.4 is 10.1 Å². The Morgan fingerprint density at radius 1 is 1.24 bits per heavy atom. The molecule has 0 saturated heterocycles. The molecule has 1 atom stereocenters. The van der Waals surface area contributed by atoms with Crippen LogP contribution in [0.3, 0.4) is 0 Å². The average molecular weight is 493 g/mol. The van der Waals surface area contributed by atoms with Gasteiger partial charge in [0.1, 0.15) is 16.6 Å². The number of benzene rings is 1. The van der Waals surface area contributed by atoms with Gasteiger partial charge in [-0.3, -0.25) is 4.79 Å². The van der Waals surface area contributed by atoms with Gasteiger partial charge in [0.25, 0.3) is 0 Å². The molecule has 0 fully saturated rings. The number of rotatable bonds is 10. The Kier molecular flexibility index (Phi) is 8.45. The molecule has 2 heterocycles. The standard InChI is InChI=1S/C22H25FN4O4S2/c1-5-16-11-17(21(29)30-4)20(33-16)24-18(28)12-32-22-26-25-19(27(22)6-2)13(3)31-15-9-7-14(23)8-10-15/h7-11,13H,5-6,12H2,1-4H3,(H,24,28). The fraction of sp³-hybridized carbons (Fsp3) is 0.364. The van der Waals surface area contributed by atoms with Crippen molar-refractivity contribution in [2.75, 3.05) is 18.2 Å². The first-order chi connectivity index (χ1) is 15.9. The summed E-state index contributed by atoms with van der Waals surface area (Å²) in [5.74, 6) is 0.119. The molecule has 0 aliphatic heterocycles. The molecule has 1 aromatic carbocycles. The summed E-state index contributed by atoms with van der Waals surface area (Å²) >= 11 is 2.59. The molecule has 3 aromatic rings. The minimum Gasteiger partial charge on any atom is -0.483 e. The number of carbonyl (C=O) groups is 2. The van der Waals surface area contributed by atoms with Gasteiger partial charge in [0, 0.05) is 11.4 Å². The number of hydrogen-bond acceptors (Lipinski definition) is 8. The van der Waals surface area contributed by atoms with Gasteiger partial charge in [0.05, 0.1) is 18.4 Å². The van der Waals surface area contributed by atoms with Crippen LogP contribution in [0, 0.1) is 5.82 Å².